The van der Waals surface area contributed by atoms with Gasteiger partial charge in [-0.1, -0.05) is 35.7 Å². The van der Waals surface area contributed by atoms with E-state index in [9.17, 15) is 4.79 Å². The summed E-state index contributed by atoms with van der Waals surface area (Å²) < 4.78 is 0. The minimum absolute atomic E-state index is 0.0212. The molecule has 2 nitrogen and oxygen atoms in total. The predicted octanol–water partition coefficient (Wildman–Crippen LogP) is 4.03. The van der Waals surface area contributed by atoms with Gasteiger partial charge in [0, 0.05) is 16.8 Å². The molecule has 3 heteroatoms. The van der Waals surface area contributed by atoms with Crippen LogP contribution < -0.4 is 5.32 Å². The van der Waals surface area contributed by atoms with Crippen molar-refractivity contribution in [1.82, 2.24) is 5.32 Å². The van der Waals surface area contributed by atoms with Crippen LogP contribution in [0.3, 0.4) is 0 Å². The number of carbonyl (C=O) groups is 1. The molecular weight excluding hydrogens is 290 g/mol. The maximum absolute atomic E-state index is 12.4. The van der Waals surface area contributed by atoms with E-state index in [2.05, 4.69) is 28.2 Å². The standard InChI is InChI=1S/C15H26BrNO/c1-2-15(9-3-4-10-15)14(18)17-11-12-5-7-13(16)8-6-12/h12-13H,2-11H2,1H3,(H,17,18). The number of amides is 1. The molecule has 0 aromatic carbocycles. The smallest absolute Gasteiger partial charge is 0.226 e. The highest BCUT2D eigenvalue weighted by Gasteiger charge is 2.39. The van der Waals surface area contributed by atoms with Crippen molar-refractivity contribution in [1.29, 1.82) is 0 Å². The van der Waals surface area contributed by atoms with Crippen molar-refractivity contribution in [3.8, 4) is 0 Å². The minimum Gasteiger partial charge on any atom is -0.355 e. The molecule has 0 radical (unpaired) electrons. The second kappa shape index (κ2) is 6.40. The highest BCUT2D eigenvalue weighted by Crippen LogP contribution is 2.41. The van der Waals surface area contributed by atoms with Crippen molar-refractivity contribution >= 4 is 21.8 Å². The lowest BCUT2D eigenvalue weighted by atomic mass is 9.82. The predicted molar refractivity (Wildman–Crippen MR) is 78.9 cm³/mol. The van der Waals surface area contributed by atoms with Gasteiger partial charge < -0.3 is 5.32 Å². The van der Waals surface area contributed by atoms with Gasteiger partial charge in [-0.3, -0.25) is 4.79 Å². The average Bonchev–Trinajstić information content (AvgIpc) is 2.88. The van der Waals surface area contributed by atoms with Gasteiger partial charge in [0.1, 0.15) is 0 Å². The topological polar surface area (TPSA) is 29.1 Å². The fraction of sp³-hybridized carbons (Fsp3) is 0.933. The van der Waals surface area contributed by atoms with Crippen LogP contribution in [0.4, 0.5) is 0 Å². The first-order valence-corrected chi connectivity index (χ1v) is 8.50. The van der Waals surface area contributed by atoms with E-state index in [1.807, 2.05) is 0 Å². The Balaban J connectivity index is 1.77. The van der Waals surface area contributed by atoms with Crippen molar-refractivity contribution in [2.24, 2.45) is 11.3 Å². The lowest BCUT2D eigenvalue weighted by Gasteiger charge is -2.29. The Hall–Kier alpha value is -0.0500. The van der Waals surface area contributed by atoms with Crippen LogP contribution in [0, 0.1) is 11.3 Å². The van der Waals surface area contributed by atoms with Gasteiger partial charge in [-0.25, -0.2) is 0 Å². The lowest BCUT2D eigenvalue weighted by molar-refractivity contribution is -0.131. The Morgan fingerprint density at radius 1 is 1.22 bits per heavy atom. The first-order valence-electron chi connectivity index (χ1n) is 7.58. The second-order valence-corrected chi connectivity index (χ2v) is 7.46. The van der Waals surface area contributed by atoms with Crippen LogP contribution in [0.25, 0.3) is 0 Å². The van der Waals surface area contributed by atoms with E-state index >= 15 is 0 Å². The molecule has 2 aliphatic carbocycles. The van der Waals surface area contributed by atoms with Gasteiger partial charge in [0.25, 0.3) is 0 Å². The summed E-state index contributed by atoms with van der Waals surface area (Å²) in [5, 5.41) is 3.25. The van der Waals surface area contributed by atoms with Crippen LogP contribution in [0.2, 0.25) is 0 Å². The van der Waals surface area contributed by atoms with Gasteiger partial charge in [0.15, 0.2) is 0 Å². The maximum atomic E-state index is 12.4. The Morgan fingerprint density at radius 2 is 1.83 bits per heavy atom. The summed E-state index contributed by atoms with van der Waals surface area (Å²) in [6.45, 7) is 3.07. The quantitative estimate of drug-likeness (QED) is 0.780. The maximum Gasteiger partial charge on any atom is 0.226 e. The van der Waals surface area contributed by atoms with Gasteiger partial charge in [0.2, 0.25) is 5.91 Å². The van der Waals surface area contributed by atoms with Crippen LogP contribution in [0.5, 0.6) is 0 Å². The molecule has 0 aliphatic heterocycles. The van der Waals surface area contributed by atoms with Gasteiger partial charge >= 0.3 is 0 Å². The number of carbonyl (C=O) groups excluding carboxylic acids is 1. The Morgan fingerprint density at radius 3 is 2.39 bits per heavy atom. The monoisotopic (exact) mass is 315 g/mol. The van der Waals surface area contributed by atoms with Crippen LogP contribution in [0.1, 0.15) is 64.7 Å². The van der Waals surface area contributed by atoms with Gasteiger partial charge in [-0.15, -0.1) is 0 Å². The molecule has 0 bridgehead atoms. The number of rotatable bonds is 4. The van der Waals surface area contributed by atoms with Gasteiger partial charge in [0.05, 0.1) is 0 Å². The van der Waals surface area contributed by atoms with E-state index < -0.39 is 0 Å². The third kappa shape index (κ3) is 3.28. The number of halogens is 1. The van der Waals surface area contributed by atoms with E-state index in [0.717, 1.165) is 25.8 Å². The van der Waals surface area contributed by atoms with Crippen molar-refractivity contribution in [3.05, 3.63) is 0 Å². The molecule has 2 saturated carbocycles. The Bertz CT molecular complexity index is 278. The van der Waals surface area contributed by atoms with E-state index in [1.165, 1.54) is 38.5 Å². The Kier molecular flexibility index (Phi) is 5.11. The zero-order chi connectivity index (χ0) is 13.0. The summed E-state index contributed by atoms with van der Waals surface area (Å²) >= 11 is 3.68. The number of hydrogen-bond acceptors (Lipinski definition) is 1. The summed E-state index contributed by atoms with van der Waals surface area (Å²) in [6.07, 6.45) is 10.7. The third-order valence-electron chi connectivity index (χ3n) is 5.05. The van der Waals surface area contributed by atoms with E-state index in [1.54, 1.807) is 0 Å². The molecule has 0 unspecified atom stereocenters. The zero-order valence-corrected chi connectivity index (χ0v) is 13.1. The summed E-state index contributed by atoms with van der Waals surface area (Å²) in [5.74, 6) is 1.04. The summed E-state index contributed by atoms with van der Waals surface area (Å²) in [6, 6.07) is 0. The van der Waals surface area contributed by atoms with Crippen molar-refractivity contribution in [2.45, 2.75) is 69.5 Å². The summed E-state index contributed by atoms with van der Waals surface area (Å²) in [4.78, 5) is 13.1. The van der Waals surface area contributed by atoms with E-state index in [-0.39, 0.29) is 5.41 Å². The SMILES string of the molecule is CCC1(C(=O)NCC2CCC(Br)CC2)CCCC1. The highest BCUT2D eigenvalue weighted by atomic mass is 79.9. The first-order chi connectivity index (χ1) is 8.66. The summed E-state index contributed by atoms with van der Waals surface area (Å²) in [7, 11) is 0. The molecule has 0 atom stereocenters. The van der Waals surface area contributed by atoms with E-state index in [0.29, 0.717) is 16.7 Å². The normalized spacial score (nSPS) is 31.2. The highest BCUT2D eigenvalue weighted by molar-refractivity contribution is 9.09. The molecule has 2 rings (SSSR count). The van der Waals surface area contributed by atoms with Crippen LogP contribution in [-0.4, -0.2) is 17.3 Å². The van der Waals surface area contributed by atoms with Gasteiger partial charge in [-0.2, -0.15) is 0 Å². The van der Waals surface area contributed by atoms with Crippen LogP contribution >= 0.6 is 15.9 Å². The van der Waals surface area contributed by atoms with Crippen molar-refractivity contribution in [3.63, 3.8) is 0 Å². The number of nitrogens with one attached hydrogen (secondary N) is 1. The zero-order valence-electron chi connectivity index (χ0n) is 11.5. The molecule has 2 aliphatic rings. The molecule has 1 amide bonds. The minimum atomic E-state index is -0.0212. The fourth-order valence-corrected chi connectivity index (χ4v) is 4.07. The average molecular weight is 316 g/mol. The van der Waals surface area contributed by atoms with Crippen LogP contribution in [-0.2, 0) is 4.79 Å². The van der Waals surface area contributed by atoms with Crippen molar-refractivity contribution in [2.75, 3.05) is 6.54 Å². The first kappa shape index (κ1) is 14.4. The molecule has 0 aromatic heterocycles. The largest absolute Gasteiger partial charge is 0.355 e. The molecule has 18 heavy (non-hydrogen) atoms. The number of hydrogen-bond donors (Lipinski definition) is 1. The molecule has 2 fully saturated rings. The molecule has 0 saturated heterocycles. The fourth-order valence-electron chi connectivity index (χ4n) is 3.54. The van der Waals surface area contributed by atoms with Crippen molar-refractivity contribution < 1.29 is 4.79 Å². The third-order valence-corrected chi connectivity index (χ3v) is 5.96. The second-order valence-electron chi connectivity index (χ2n) is 6.17. The van der Waals surface area contributed by atoms with Crippen LogP contribution in [0.15, 0.2) is 0 Å². The molecule has 104 valence electrons. The van der Waals surface area contributed by atoms with E-state index in [4.69, 9.17) is 0 Å². The van der Waals surface area contributed by atoms with Gasteiger partial charge in [-0.05, 0) is 50.9 Å². The Labute approximate surface area is 119 Å². The summed E-state index contributed by atoms with van der Waals surface area (Å²) in [5.41, 5.74) is -0.0212. The molecular formula is C15H26BrNO. The molecule has 0 heterocycles. The molecule has 0 aromatic rings. The molecule has 1 N–H and O–H groups in total. The lowest BCUT2D eigenvalue weighted by Crippen LogP contribution is -2.41. The number of alkyl halides is 1. The molecule has 0 spiro atoms.